The Morgan fingerprint density at radius 2 is 2.20 bits per heavy atom. The minimum absolute atomic E-state index is 0.121. The third-order valence-corrected chi connectivity index (χ3v) is 7.66. The molecule has 4 nitrogen and oxygen atoms in total. The molecule has 0 saturated heterocycles. The van der Waals surface area contributed by atoms with Gasteiger partial charge in [-0.2, -0.15) is 11.8 Å². The molecule has 2 rings (SSSR count). The Kier molecular flexibility index (Phi) is 5.53. The van der Waals surface area contributed by atoms with Crippen LogP contribution in [0.15, 0.2) is 16.3 Å². The summed E-state index contributed by atoms with van der Waals surface area (Å²) in [6.45, 7) is 4.18. The van der Waals surface area contributed by atoms with Gasteiger partial charge in [0.05, 0.1) is 4.90 Å². The molecule has 1 fully saturated rings. The molecule has 1 heterocycles. The number of hydrogen-bond acceptors (Lipinski definition) is 5. The molecule has 0 aliphatic heterocycles. The molecule has 7 heteroatoms. The highest BCUT2D eigenvalue weighted by molar-refractivity contribution is 8.00. The summed E-state index contributed by atoms with van der Waals surface area (Å²) < 4.78 is 27.5. The van der Waals surface area contributed by atoms with E-state index in [1.807, 2.05) is 6.92 Å². The van der Waals surface area contributed by atoms with Crippen molar-refractivity contribution in [2.45, 2.75) is 42.4 Å². The summed E-state index contributed by atoms with van der Waals surface area (Å²) >= 11 is 3.27. The van der Waals surface area contributed by atoms with Crippen LogP contribution in [0.4, 0.5) is 0 Å². The molecule has 2 N–H and O–H groups in total. The van der Waals surface area contributed by atoms with Crippen molar-refractivity contribution in [3.8, 4) is 0 Å². The molecule has 0 aromatic carbocycles. The molecule has 1 aliphatic carbocycles. The number of thioether (sulfide) groups is 1. The van der Waals surface area contributed by atoms with Crippen molar-refractivity contribution in [2.75, 3.05) is 19.3 Å². The van der Waals surface area contributed by atoms with E-state index in [0.717, 1.165) is 30.8 Å². The van der Waals surface area contributed by atoms with Gasteiger partial charge in [0.1, 0.15) is 0 Å². The van der Waals surface area contributed by atoms with E-state index < -0.39 is 10.0 Å². The normalized spacial score (nSPS) is 17.9. The van der Waals surface area contributed by atoms with E-state index in [1.54, 1.807) is 23.2 Å². The van der Waals surface area contributed by atoms with Gasteiger partial charge in [-0.05, 0) is 31.7 Å². The molecule has 114 valence electrons. The van der Waals surface area contributed by atoms with Crippen molar-refractivity contribution in [1.29, 1.82) is 0 Å². The lowest BCUT2D eigenvalue weighted by atomic mass is 9.84. The summed E-state index contributed by atoms with van der Waals surface area (Å²) in [7, 11) is -3.36. The zero-order valence-corrected chi connectivity index (χ0v) is 14.4. The summed E-state index contributed by atoms with van der Waals surface area (Å²) in [5, 5.41) is 4.93. The fourth-order valence-electron chi connectivity index (χ4n) is 2.18. The molecule has 0 radical (unpaired) electrons. The van der Waals surface area contributed by atoms with Gasteiger partial charge < -0.3 is 5.32 Å². The summed E-state index contributed by atoms with van der Waals surface area (Å²) in [6.07, 6.45) is 5.47. The Morgan fingerprint density at radius 1 is 1.45 bits per heavy atom. The van der Waals surface area contributed by atoms with Gasteiger partial charge >= 0.3 is 0 Å². The van der Waals surface area contributed by atoms with E-state index >= 15 is 0 Å². The zero-order chi connectivity index (χ0) is 14.6. The van der Waals surface area contributed by atoms with E-state index in [2.05, 4.69) is 16.3 Å². The fraction of sp³-hybridized carbons (Fsp3) is 0.692. The summed E-state index contributed by atoms with van der Waals surface area (Å²) in [5.41, 5.74) is 0. The van der Waals surface area contributed by atoms with Gasteiger partial charge in [-0.3, -0.25) is 0 Å². The standard InChI is InChI=1S/C13H22N2O2S3/c1-3-14-8-11-7-12(9-19-11)20(16,17)15-10-13(18-2)5-4-6-13/h7,9,14-15H,3-6,8,10H2,1-2H3. The van der Waals surface area contributed by atoms with Crippen LogP contribution in [0.5, 0.6) is 0 Å². The smallest absolute Gasteiger partial charge is 0.241 e. The molecule has 1 aromatic rings. The van der Waals surface area contributed by atoms with E-state index in [0.29, 0.717) is 11.4 Å². The minimum atomic E-state index is -3.36. The van der Waals surface area contributed by atoms with Gasteiger partial charge in [0.25, 0.3) is 0 Å². The van der Waals surface area contributed by atoms with E-state index in [-0.39, 0.29) is 4.75 Å². The monoisotopic (exact) mass is 334 g/mol. The highest BCUT2D eigenvalue weighted by Crippen LogP contribution is 2.42. The Hall–Kier alpha value is -0.0800. The van der Waals surface area contributed by atoms with Crippen LogP contribution in [0.1, 0.15) is 31.1 Å². The first-order valence-corrected chi connectivity index (χ1v) is 10.4. The predicted molar refractivity (Wildman–Crippen MR) is 87.0 cm³/mol. The molecule has 20 heavy (non-hydrogen) atoms. The highest BCUT2D eigenvalue weighted by Gasteiger charge is 2.37. The lowest BCUT2D eigenvalue weighted by Gasteiger charge is -2.40. The van der Waals surface area contributed by atoms with Gasteiger partial charge in [0.2, 0.25) is 10.0 Å². The lowest BCUT2D eigenvalue weighted by Crippen LogP contribution is -2.45. The van der Waals surface area contributed by atoms with E-state index in [1.165, 1.54) is 17.8 Å². The lowest BCUT2D eigenvalue weighted by molar-refractivity contribution is 0.362. The molecule has 0 amide bonds. The molecule has 0 spiro atoms. The maximum Gasteiger partial charge on any atom is 0.241 e. The van der Waals surface area contributed by atoms with Gasteiger partial charge in [0, 0.05) is 28.1 Å². The molecule has 1 aromatic heterocycles. The number of thiophene rings is 1. The van der Waals surface area contributed by atoms with Crippen LogP contribution < -0.4 is 10.0 Å². The van der Waals surface area contributed by atoms with E-state index in [4.69, 9.17) is 0 Å². The first-order valence-electron chi connectivity index (χ1n) is 6.84. The molecule has 0 bridgehead atoms. The van der Waals surface area contributed by atoms with Crippen LogP contribution >= 0.6 is 23.1 Å². The van der Waals surface area contributed by atoms with Crippen LogP contribution in [0, 0.1) is 0 Å². The van der Waals surface area contributed by atoms with Crippen molar-refractivity contribution < 1.29 is 8.42 Å². The summed E-state index contributed by atoms with van der Waals surface area (Å²) in [6, 6.07) is 1.77. The second kappa shape index (κ2) is 6.79. The quantitative estimate of drug-likeness (QED) is 0.766. The van der Waals surface area contributed by atoms with Crippen molar-refractivity contribution >= 4 is 33.1 Å². The van der Waals surface area contributed by atoms with Gasteiger partial charge in [-0.15, -0.1) is 11.3 Å². The van der Waals surface area contributed by atoms with Crippen LogP contribution in [0.3, 0.4) is 0 Å². The molecular weight excluding hydrogens is 312 g/mol. The fourth-order valence-corrected chi connectivity index (χ4v) is 5.55. The van der Waals surface area contributed by atoms with Crippen LogP contribution in [-0.4, -0.2) is 32.5 Å². The molecule has 1 saturated carbocycles. The number of sulfonamides is 1. The minimum Gasteiger partial charge on any atom is -0.312 e. The van der Waals surface area contributed by atoms with Gasteiger partial charge in [-0.25, -0.2) is 13.1 Å². The van der Waals surface area contributed by atoms with Crippen LogP contribution in [0.2, 0.25) is 0 Å². The zero-order valence-electron chi connectivity index (χ0n) is 11.9. The van der Waals surface area contributed by atoms with Crippen molar-refractivity contribution in [2.24, 2.45) is 0 Å². The Morgan fingerprint density at radius 3 is 2.75 bits per heavy atom. The Balaban J connectivity index is 1.97. The third kappa shape index (κ3) is 3.76. The number of nitrogens with one attached hydrogen (secondary N) is 2. The van der Waals surface area contributed by atoms with Gasteiger partial charge in [-0.1, -0.05) is 13.3 Å². The second-order valence-corrected chi connectivity index (χ2v) is 9.13. The summed E-state index contributed by atoms with van der Waals surface area (Å²) in [5.74, 6) is 0. The average molecular weight is 335 g/mol. The van der Waals surface area contributed by atoms with Crippen molar-refractivity contribution in [1.82, 2.24) is 10.0 Å². The van der Waals surface area contributed by atoms with E-state index in [9.17, 15) is 8.42 Å². The maximum atomic E-state index is 12.3. The molecule has 1 aliphatic rings. The average Bonchev–Trinajstić information content (AvgIpc) is 2.85. The first kappa shape index (κ1) is 16.3. The number of hydrogen-bond donors (Lipinski definition) is 2. The largest absolute Gasteiger partial charge is 0.312 e. The maximum absolute atomic E-state index is 12.3. The number of rotatable bonds is 8. The second-order valence-electron chi connectivity index (χ2n) is 5.09. The first-order chi connectivity index (χ1) is 9.51. The van der Waals surface area contributed by atoms with Crippen molar-refractivity contribution in [3.05, 3.63) is 16.3 Å². The SMILES string of the molecule is CCNCc1cc(S(=O)(=O)NCC2(SC)CCC2)cs1. The molecular formula is C13H22N2O2S3. The topological polar surface area (TPSA) is 58.2 Å². The highest BCUT2D eigenvalue weighted by atomic mass is 32.2. The summed E-state index contributed by atoms with van der Waals surface area (Å²) in [4.78, 5) is 1.45. The van der Waals surface area contributed by atoms with Crippen molar-refractivity contribution in [3.63, 3.8) is 0 Å². The predicted octanol–water partition coefficient (Wildman–Crippen LogP) is 2.42. The Bertz CT molecular complexity index is 530. The van der Waals surface area contributed by atoms with Gasteiger partial charge in [0.15, 0.2) is 0 Å². The molecule has 0 unspecified atom stereocenters. The Labute approximate surface area is 129 Å². The van der Waals surface area contributed by atoms with Crippen LogP contribution in [-0.2, 0) is 16.6 Å². The molecule has 0 atom stereocenters. The van der Waals surface area contributed by atoms with Crippen LogP contribution in [0.25, 0.3) is 0 Å². The third-order valence-electron chi connectivity index (χ3n) is 3.77.